The van der Waals surface area contributed by atoms with E-state index in [1.54, 1.807) is 36.2 Å². The summed E-state index contributed by atoms with van der Waals surface area (Å²) in [7, 11) is 1.76. The predicted molar refractivity (Wildman–Crippen MR) is 114 cm³/mol. The minimum absolute atomic E-state index is 0.0537. The number of anilines is 1. The van der Waals surface area contributed by atoms with Crippen LogP contribution in [0.15, 0.2) is 54.6 Å². The highest BCUT2D eigenvalue weighted by Crippen LogP contribution is 2.20. The van der Waals surface area contributed by atoms with Crippen molar-refractivity contribution < 1.29 is 9.59 Å². The lowest BCUT2D eigenvalue weighted by molar-refractivity contribution is 0.0773. The van der Waals surface area contributed by atoms with Crippen LogP contribution in [0, 0.1) is 0 Å². The summed E-state index contributed by atoms with van der Waals surface area (Å²) in [6.45, 7) is 5.74. The van der Waals surface area contributed by atoms with Gasteiger partial charge in [0.15, 0.2) is 0 Å². The highest BCUT2D eigenvalue weighted by atomic mass is 16.2. The Kier molecular flexibility index (Phi) is 5.92. The Morgan fingerprint density at radius 1 is 0.931 bits per heavy atom. The van der Waals surface area contributed by atoms with E-state index in [1.165, 1.54) is 0 Å². The summed E-state index contributed by atoms with van der Waals surface area (Å²) >= 11 is 0. The third-order valence-electron chi connectivity index (χ3n) is 5.95. The molecule has 0 radical (unpaired) electrons. The third kappa shape index (κ3) is 4.33. The van der Waals surface area contributed by atoms with Crippen LogP contribution in [0.25, 0.3) is 0 Å². The van der Waals surface area contributed by atoms with Gasteiger partial charge in [0.2, 0.25) is 0 Å². The van der Waals surface area contributed by atoms with E-state index in [1.807, 2.05) is 35.2 Å². The van der Waals surface area contributed by atoms with Crippen molar-refractivity contribution in [1.29, 1.82) is 0 Å². The maximum atomic E-state index is 12.9. The molecule has 1 N–H and O–H groups in total. The first-order valence-electron chi connectivity index (χ1n) is 10.3. The lowest BCUT2D eigenvalue weighted by atomic mass is 10.1. The van der Waals surface area contributed by atoms with Crippen LogP contribution in [0.1, 0.15) is 27.1 Å². The zero-order valence-corrected chi connectivity index (χ0v) is 16.9. The summed E-state index contributed by atoms with van der Waals surface area (Å²) in [5.74, 6) is -0.0341. The fraction of sp³-hybridized carbons (Fsp3) is 0.391. The largest absolute Gasteiger partial charge is 0.337 e. The first-order chi connectivity index (χ1) is 14.1. The van der Waals surface area contributed by atoms with Gasteiger partial charge in [-0.2, -0.15) is 0 Å². The molecule has 6 nitrogen and oxygen atoms in total. The van der Waals surface area contributed by atoms with E-state index in [0.717, 1.165) is 51.4 Å². The van der Waals surface area contributed by atoms with Crippen LogP contribution in [0.2, 0.25) is 0 Å². The number of amides is 2. The monoisotopic (exact) mass is 392 g/mol. The molecular formula is C23H28N4O2. The van der Waals surface area contributed by atoms with Crippen LogP contribution in [-0.4, -0.2) is 74.0 Å². The standard InChI is InChI=1S/C23H28N4O2/c1-25(20-5-3-2-4-6-20)22(28)18-7-9-19(10-8-18)23(29)27-14-11-21(17-27)26-15-12-24-13-16-26/h2-10,21,24H,11-17H2,1H3. The van der Waals surface area contributed by atoms with Crippen molar-refractivity contribution in [3.63, 3.8) is 0 Å². The fourth-order valence-electron chi connectivity index (χ4n) is 4.17. The van der Waals surface area contributed by atoms with Gasteiger partial charge in [-0.15, -0.1) is 0 Å². The van der Waals surface area contributed by atoms with Gasteiger partial charge in [0.05, 0.1) is 0 Å². The number of para-hydroxylation sites is 1. The fourth-order valence-corrected chi connectivity index (χ4v) is 4.17. The lowest BCUT2D eigenvalue weighted by Gasteiger charge is -2.32. The average Bonchev–Trinajstić information content (AvgIpc) is 3.29. The van der Waals surface area contributed by atoms with Crippen molar-refractivity contribution in [1.82, 2.24) is 15.1 Å². The number of nitrogens with one attached hydrogen (secondary N) is 1. The first-order valence-corrected chi connectivity index (χ1v) is 10.3. The summed E-state index contributed by atoms with van der Waals surface area (Å²) in [5.41, 5.74) is 2.06. The lowest BCUT2D eigenvalue weighted by Crippen LogP contribution is -2.49. The molecule has 2 fully saturated rings. The van der Waals surface area contributed by atoms with Gasteiger partial charge in [-0.1, -0.05) is 18.2 Å². The quantitative estimate of drug-likeness (QED) is 0.866. The van der Waals surface area contributed by atoms with E-state index in [2.05, 4.69) is 10.2 Å². The minimum Gasteiger partial charge on any atom is -0.337 e. The van der Waals surface area contributed by atoms with E-state index < -0.39 is 0 Å². The zero-order valence-electron chi connectivity index (χ0n) is 16.9. The summed E-state index contributed by atoms with van der Waals surface area (Å²) in [4.78, 5) is 31.7. The smallest absolute Gasteiger partial charge is 0.258 e. The topological polar surface area (TPSA) is 55.9 Å². The van der Waals surface area contributed by atoms with Crippen LogP contribution in [0.5, 0.6) is 0 Å². The maximum absolute atomic E-state index is 12.9. The molecule has 0 aromatic heterocycles. The number of likely N-dealkylation sites (tertiary alicyclic amines) is 1. The molecule has 2 aromatic carbocycles. The molecule has 0 spiro atoms. The maximum Gasteiger partial charge on any atom is 0.258 e. The van der Waals surface area contributed by atoms with Crippen molar-refractivity contribution in [3.05, 3.63) is 65.7 Å². The number of hydrogen-bond acceptors (Lipinski definition) is 4. The Balaban J connectivity index is 1.38. The number of carbonyl (C=O) groups excluding carboxylic acids is 2. The van der Waals surface area contributed by atoms with Crippen molar-refractivity contribution in [3.8, 4) is 0 Å². The molecule has 2 aliphatic heterocycles. The molecule has 0 saturated carbocycles. The van der Waals surface area contributed by atoms with Crippen LogP contribution in [0.3, 0.4) is 0 Å². The molecule has 1 unspecified atom stereocenters. The Labute approximate surface area is 172 Å². The van der Waals surface area contributed by atoms with Gasteiger partial charge < -0.3 is 15.1 Å². The number of carbonyl (C=O) groups is 2. The Morgan fingerprint density at radius 3 is 2.28 bits per heavy atom. The number of hydrogen-bond donors (Lipinski definition) is 1. The van der Waals surface area contributed by atoms with Crippen molar-refractivity contribution >= 4 is 17.5 Å². The molecule has 0 bridgehead atoms. The van der Waals surface area contributed by atoms with Gasteiger partial charge in [-0.3, -0.25) is 14.5 Å². The molecule has 29 heavy (non-hydrogen) atoms. The summed E-state index contributed by atoms with van der Waals surface area (Å²) in [5, 5.41) is 3.38. The van der Waals surface area contributed by atoms with Crippen molar-refractivity contribution in [2.75, 3.05) is 51.2 Å². The molecule has 2 amide bonds. The van der Waals surface area contributed by atoms with Crippen LogP contribution < -0.4 is 10.2 Å². The number of nitrogens with zero attached hydrogens (tertiary/aromatic N) is 3. The van der Waals surface area contributed by atoms with E-state index in [0.29, 0.717) is 17.2 Å². The molecule has 152 valence electrons. The van der Waals surface area contributed by atoms with E-state index in [9.17, 15) is 9.59 Å². The van der Waals surface area contributed by atoms with Gasteiger partial charge in [-0.25, -0.2) is 0 Å². The molecule has 4 rings (SSSR count). The minimum atomic E-state index is -0.0878. The average molecular weight is 393 g/mol. The normalized spacial score (nSPS) is 19.9. The Morgan fingerprint density at radius 2 is 1.59 bits per heavy atom. The number of benzene rings is 2. The second-order valence-electron chi connectivity index (χ2n) is 7.76. The van der Waals surface area contributed by atoms with E-state index in [4.69, 9.17) is 0 Å². The summed E-state index contributed by atoms with van der Waals surface area (Å²) < 4.78 is 0. The van der Waals surface area contributed by atoms with Crippen LogP contribution in [-0.2, 0) is 0 Å². The second-order valence-corrected chi connectivity index (χ2v) is 7.76. The molecule has 2 aliphatic rings. The van der Waals surface area contributed by atoms with E-state index in [-0.39, 0.29) is 11.8 Å². The Bertz CT molecular complexity index is 847. The molecule has 2 aromatic rings. The predicted octanol–water partition coefficient (Wildman–Crippen LogP) is 2.08. The number of piperazine rings is 1. The molecule has 1 atom stereocenters. The van der Waals surface area contributed by atoms with Crippen molar-refractivity contribution in [2.24, 2.45) is 0 Å². The van der Waals surface area contributed by atoms with Crippen LogP contribution in [0.4, 0.5) is 5.69 Å². The Hall–Kier alpha value is -2.70. The zero-order chi connectivity index (χ0) is 20.2. The van der Waals surface area contributed by atoms with Crippen molar-refractivity contribution in [2.45, 2.75) is 12.5 Å². The van der Waals surface area contributed by atoms with Gasteiger partial charge in [0, 0.05) is 69.2 Å². The molecule has 2 saturated heterocycles. The third-order valence-corrected chi connectivity index (χ3v) is 5.95. The summed E-state index contributed by atoms with van der Waals surface area (Å²) in [6.07, 6.45) is 1.03. The molecule has 2 heterocycles. The highest BCUT2D eigenvalue weighted by Gasteiger charge is 2.31. The second kappa shape index (κ2) is 8.76. The molecular weight excluding hydrogens is 364 g/mol. The highest BCUT2D eigenvalue weighted by molar-refractivity contribution is 6.06. The first kappa shape index (κ1) is 19.6. The van der Waals surface area contributed by atoms with Gasteiger partial charge in [0.1, 0.15) is 0 Å². The molecule has 6 heteroatoms. The molecule has 0 aliphatic carbocycles. The van der Waals surface area contributed by atoms with Gasteiger partial charge >= 0.3 is 0 Å². The number of rotatable bonds is 4. The van der Waals surface area contributed by atoms with Crippen LogP contribution >= 0.6 is 0 Å². The summed E-state index contributed by atoms with van der Waals surface area (Å²) in [6, 6.07) is 17.0. The van der Waals surface area contributed by atoms with E-state index >= 15 is 0 Å². The van der Waals surface area contributed by atoms with Gasteiger partial charge in [0.25, 0.3) is 11.8 Å². The van der Waals surface area contributed by atoms with Gasteiger partial charge in [-0.05, 0) is 42.8 Å². The SMILES string of the molecule is CN(C(=O)c1ccc(C(=O)N2CCC(N3CCNCC3)C2)cc1)c1ccccc1.